The summed E-state index contributed by atoms with van der Waals surface area (Å²) in [4.78, 5) is 18.6. The van der Waals surface area contributed by atoms with E-state index in [1.165, 1.54) is 0 Å². The topological polar surface area (TPSA) is 59.4 Å². The Hall–Kier alpha value is -2.41. The predicted molar refractivity (Wildman–Crippen MR) is 104 cm³/mol. The average Bonchev–Trinajstić information content (AvgIpc) is 3.21. The maximum atomic E-state index is 12.1. The van der Waals surface area contributed by atoms with Gasteiger partial charge in [0.2, 0.25) is 0 Å². The van der Waals surface area contributed by atoms with Crippen LogP contribution in [0.25, 0.3) is 0 Å². The molecule has 1 saturated heterocycles. The Bertz CT molecular complexity index is 775. The third kappa shape index (κ3) is 3.58. The molecule has 3 rings (SSSR count). The van der Waals surface area contributed by atoms with E-state index >= 15 is 0 Å². The Morgan fingerprint density at radius 2 is 2.15 bits per heavy atom. The number of thiocarbonyl (C=S) groups is 1. The van der Waals surface area contributed by atoms with E-state index in [1.54, 1.807) is 13.1 Å². The highest BCUT2D eigenvalue weighted by molar-refractivity contribution is 7.80. The van der Waals surface area contributed by atoms with Crippen molar-refractivity contribution in [3.63, 3.8) is 0 Å². The van der Waals surface area contributed by atoms with E-state index < -0.39 is 0 Å². The molecule has 2 aromatic rings. The molecule has 0 amide bonds. The highest BCUT2D eigenvalue weighted by atomic mass is 32.1. The molecule has 138 valence electrons. The number of hydrogen-bond acceptors (Lipinski definition) is 4. The molecule has 3 heterocycles. The van der Waals surface area contributed by atoms with Crippen molar-refractivity contribution in [1.29, 1.82) is 0 Å². The van der Waals surface area contributed by atoms with Gasteiger partial charge >= 0.3 is 5.97 Å². The van der Waals surface area contributed by atoms with Gasteiger partial charge in [0.15, 0.2) is 5.11 Å². The highest BCUT2D eigenvalue weighted by Crippen LogP contribution is 2.39. The van der Waals surface area contributed by atoms with Crippen LogP contribution in [-0.2, 0) is 9.53 Å². The van der Waals surface area contributed by atoms with E-state index in [4.69, 9.17) is 17.0 Å². The van der Waals surface area contributed by atoms with Crippen LogP contribution in [0.2, 0.25) is 0 Å². The summed E-state index contributed by atoms with van der Waals surface area (Å²) in [5, 5.41) is 3.88. The number of nitrogens with zero attached hydrogens (tertiary/aromatic N) is 3. The van der Waals surface area contributed by atoms with Gasteiger partial charge < -0.3 is 19.5 Å². The van der Waals surface area contributed by atoms with Crippen LogP contribution in [0, 0.1) is 0 Å². The minimum absolute atomic E-state index is 0.108. The minimum Gasteiger partial charge on any atom is -0.465 e. The fraction of sp³-hybridized carbons (Fsp3) is 0.421. The van der Waals surface area contributed by atoms with E-state index in [0.717, 1.165) is 11.4 Å². The van der Waals surface area contributed by atoms with Crippen LogP contribution in [0.5, 0.6) is 0 Å². The number of rotatable bonds is 6. The summed E-state index contributed by atoms with van der Waals surface area (Å²) < 4.78 is 7.35. The van der Waals surface area contributed by atoms with E-state index in [0.29, 0.717) is 17.8 Å². The van der Waals surface area contributed by atoms with Crippen LogP contribution in [0.1, 0.15) is 50.3 Å². The zero-order chi connectivity index (χ0) is 18.7. The van der Waals surface area contributed by atoms with Crippen molar-refractivity contribution in [2.45, 2.75) is 38.9 Å². The quantitative estimate of drug-likeness (QED) is 0.621. The number of ether oxygens (including phenoxy) is 1. The fourth-order valence-corrected chi connectivity index (χ4v) is 3.68. The number of aromatic nitrogens is 2. The standard InChI is InChI=1S/C19H24N4O2S/c1-4-25-16(24)12-23-18(15-9-7-11-22(15)13(2)3)17(21-19(23)26)14-8-5-6-10-20-14/h5-11,13,17-18H,4,12H2,1-3H3,(H,21,26)/t17-,18+/m0/s1. The smallest absolute Gasteiger partial charge is 0.325 e. The molecule has 0 radical (unpaired) electrons. The van der Waals surface area contributed by atoms with Crippen LogP contribution < -0.4 is 5.32 Å². The summed E-state index contributed by atoms with van der Waals surface area (Å²) in [6, 6.07) is 9.94. The maximum Gasteiger partial charge on any atom is 0.325 e. The third-order valence-electron chi connectivity index (χ3n) is 4.47. The highest BCUT2D eigenvalue weighted by Gasteiger charge is 2.42. The van der Waals surface area contributed by atoms with Crippen LogP contribution in [-0.4, -0.2) is 38.7 Å². The molecule has 1 fully saturated rings. The van der Waals surface area contributed by atoms with Crippen molar-refractivity contribution in [2.75, 3.05) is 13.2 Å². The summed E-state index contributed by atoms with van der Waals surface area (Å²) in [6.07, 6.45) is 3.83. The van der Waals surface area contributed by atoms with Gasteiger partial charge in [-0.2, -0.15) is 0 Å². The second-order valence-corrected chi connectivity index (χ2v) is 6.88. The predicted octanol–water partition coefficient (Wildman–Crippen LogP) is 3.00. The molecule has 0 aliphatic carbocycles. The third-order valence-corrected chi connectivity index (χ3v) is 4.83. The first kappa shape index (κ1) is 18.4. The second kappa shape index (κ2) is 7.86. The second-order valence-electron chi connectivity index (χ2n) is 6.49. The molecular weight excluding hydrogens is 348 g/mol. The molecule has 0 spiro atoms. The van der Waals surface area contributed by atoms with E-state index in [-0.39, 0.29) is 24.6 Å². The molecule has 1 N–H and O–H groups in total. The Morgan fingerprint density at radius 1 is 1.35 bits per heavy atom. The Morgan fingerprint density at radius 3 is 2.81 bits per heavy atom. The zero-order valence-electron chi connectivity index (χ0n) is 15.3. The van der Waals surface area contributed by atoms with Gasteiger partial charge in [-0.15, -0.1) is 0 Å². The van der Waals surface area contributed by atoms with Crippen molar-refractivity contribution < 1.29 is 9.53 Å². The molecule has 7 heteroatoms. The molecule has 2 atom stereocenters. The zero-order valence-corrected chi connectivity index (χ0v) is 16.1. The lowest BCUT2D eigenvalue weighted by Gasteiger charge is -2.29. The van der Waals surface area contributed by atoms with Gasteiger partial charge in [-0.3, -0.25) is 9.78 Å². The molecule has 6 nitrogen and oxygen atoms in total. The van der Waals surface area contributed by atoms with Crippen molar-refractivity contribution in [3.8, 4) is 0 Å². The van der Waals surface area contributed by atoms with Gasteiger partial charge in [-0.05, 0) is 57.3 Å². The molecular formula is C19H24N4O2S. The van der Waals surface area contributed by atoms with E-state index in [9.17, 15) is 4.79 Å². The SMILES string of the molecule is CCOC(=O)CN1C(=S)N[C@@H](c2ccccn2)[C@H]1c1cccn1C(C)C. The lowest BCUT2D eigenvalue weighted by Crippen LogP contribution is -2.36. The van der Waals surface area contributed by atoms with Crippen LogP contribution in [0.4, 0.5) is 0 Å². The summed E-state index contributed by atoms with van der Waals surface area (Å²) >= 11 is 5.55. The largest absolute Gasteiger partial charge is 0.465 e. The van der Waals surface area contributed by atoms with E-state index in [2.05, 4.69) is 41.0 Å². The van der Waals surface area contributed by atoms with Gasteiger partial charge in [0.1, 0.15) is 6.54 Å². The summed E-state index contributed by atoms with van der Waals surface area (Å²) in [5.41, 5.74) is 1.98. The van der Waals surface area contributed by atoms with Gasteiger partial charge in [-0.25, -0.2) is 0 Å². The number of carbonyl (C=O) groups excluding carboxylic acids is 1. The number of carbonyl (C=O) groups is 1. The van der Waals surface area contributed by atoms with Crippen LogP contribution in [0.15, 0.2) is 42.7 Å². The average molecular weight is 372 g/mol. The van der Waals surface area contributed by atoms with Gasteiger partial charge in [-0.1, -0.05) is 6.07 Å². The van der Waals surface area contributed by atoms with Crippen molar-refractivity contribution >= 4 is 23.3 Å². The Kier molecular flexibility index (Phi) is 5.56. The molecule has 0 saturated carbocycles. The summed E-state index contributed by atoms with van der Waals surface area (Å²) in [6.45, 7) is 6.53. The molecule has 0 aromatic carbocycles. The van der Waals surface area contributed by atoms with Gasteiger partial charge in [0, 0.05) is 24.1 Å². The first-order valence-corrected chi connectivity index (χ1v) is 9.24. The molecule has 1 aliphatic rings. The Labute approximate surface area is 159 Å². The number of hydrogen-bond donors (Lipinski definition) is 1. The minimum atomic E-state index is -0.286. The first-order chi connectivity index (χ1) is 12.5. The summed E-state index contributed by atoms with van der Waals surface area (Å²) in [7, 11) is 0. The molecule has 0 unspecified atom stereocenters. The van der Waals surface area contributed by atoms with E-state index in [1.807, 2.05) is 29.2 Å². The van der Waals surface area contributed by atoms with Gasteiger partial charge in [0.25, 0.3) is 0 Å². The van der Waals surface area contributed by atoms with Crippen molar-refractivity contribution in [2.24, 2.45) is 0 Å². The first-order valence-electron chi connectivity index (χ1n) is 8.83. The lowest BCUT2D eigenvalue weighted by atomic mass is 10.0. The van der Waals surface area contributed by atoms with Gasteiger partial charge in [0.05, 0.1) is 24.4 Å². The normalized spacial score (nSPS) is 19.7. The van der Waals surface area contributed by atoms with Crippen LogP contribution >= 0.6 is 12.2 Å². The molecule has 1 aliphatic heterocycles. The Balaban J connectivity index is 2.01. The number of pyridine rings is 1. The fourth-order valence-electron chi connectivity index (χ4n) is 3.37. The molecule has 26 heavy (non-hydrogen) atoms. The van der Waals surface area contributed by atoms with Crippen molar-refractivity contribution in [1.82, 2.24) is 19.8 Å². The maximum absolute atomic E-state index is 12.1. The molecule has 2 aromatic heterocycles. The molecule has 0 bridgehead atoms. The van der Waals surface area contributed by atoms with Crippen LogP contribution in [0.3, 0.4) is 0 Å². The summed E-state index contributed by atoms with van der Waals surface area (Å²) in [5.74, 6) is -0.286. The van der Waals surface area contributed by atoms with Crippen molar-refractivity contribution in [3.05, 3.63) is 54.1 Å². The lowest BCUT2D eigenvalue weighted by molar-refractivity contribution is -0.143. The number of esters is 1. The monoisotopic (exact) mass is 372 g/mol. The number of nitrogens with one attached hydrogen (secondary N) is 1.